The van der Waals surface area contributed by atoms with Crippen molar-refractivity contribution >= 4 is 0 Å². The van der Waals surface area contributed by atoms with E-state index in [1.807, 2.05) is 13.8 Å². The van der Waals surface area contributed by atoms with Gasteiger partial charge in [-0.1, -0.05) is 65.5 Å². The Hall–Kier alpha value is -1.24. The summed E-state index contributed by atoms with van der Waals surface area (Å²) in [6.45, 7) is 15.3. The molecule has 0 aliphatic heterocycles. The van der Waals surface area contributed by atoms with Crippen LogP contribution in [0.2, 0.25) is 0 Å². The molecule has 0 unspecified atom stereocenters. The van der Waals surface area contributed by atoms with Gasteiger partial charge in [0.2, 0.25) is 0 Å². The summed E-state index contributed by atoms with van der Waals surface area (Å²) in [5.41, 5.74) is 3.81. The van der Waals surface area contributed by atoms with Crippen LogP contribution in [0.5, 0.6) is 0 Å². The van der Waals surface area contributed by atoms with Crippen molar-refractivity contribution in [1.82, 2.24) is 5.32 Å². The molecule has 0 atom stereocenters. The van der Waals surface area contributed by atoms with Crippen LogP contribution in [-0.4, -0.2) is 0 Å². The van der Waals surface area contributed by atoms with E-state index in [4.69, 9.17) is 0 Å². The second kappa shape index (κ2) is 8.86. The van der Waals surface area contributed by atoms with E-state index in [9.17, 15) is 0 Å². The number of hydrogen-bond donors (Lipinski definition) is 1. The molecule has 17 heavy (non-hydrogen) atoms. The average molecular weight is 233 g/mol. The molecule has 0 amide bonds. The standard InChI is InChI=1S/C14H21N.C2H6/c1-5-12(4)15-10-13-6-8-14(9-7-13)11(2)3;1-2/h6-9,11,15H,4-5,10H2,1-3H3;1-2H3. The van der Waals surface area contributed by atoms with E-state index in [0.717, 1.165) is 18.7 Å². The van der Waals surface area contributed by atoms with Crippen LogP contribution >= 0.6 is 0 Å². The highest BCUT2D eigenvalue weighted by atomic mass is 14.9. The molecular formula is C16H27N. The molecular weight excluding hydrogens is 206 g/mol. The molecule has 0 saturated heterocycles. The van der Waals surface area contributed by atoms with Gasteiger partial charge in [-0.25, -0.2) is 0 Å². The van der Waals surface area contributed by atoms with Crippen LogP contribution in [0.1, 0.15) is 58.1 Å². The number of benzene rings is 1. The zero-order chi connectivity index (χ0) is 13.3. The Morgan fingerprint density at radius 2 is 1.71 bits per heavy atom. The smallest absolute Gasteiger partial charge is 0.0397 e. The van der Waals surface area contributed by atoms with E-state index in [2.05, 4.69) is 56.9 Å². The zero-order valence-electron chi connectivity index (χ0n) is 12.0. The van der Waals surface area contributed by atoms with Crippen molar-refractivity contribution in [3.05, 3.63) is 47.7 Å². The minimum Gasteiger partial charge on any atom is -0.385 e. The molecule has 1 rings (SSSR count). The monoisotopic (exact) mass is 233 g/mol. The largest absolute Gasteiger partial charge is 0.385 e. The molecule has 0 bridgehead atoms. The van der Waals surface area contributed by atoms with E-state index in [-0.39, 0.29) is 0 Å². The predicted octanol–water partition coefficient (Wildman–Crippen LogP) is 4.85. The second-order valence-corrected chi connectivity index (χ2v) is 4.21. The lowest BCUT2D eigenvalue weighted by molar-refractivity contribution is 0.775. The Kier molecular flexibility index (Phi) is 8.21. The summed E-state index contributed by atoms with van der Waals surface area (Å²) in [5.74, 6) is 0.609. The van der Waals surface area contributed by atoms with Gasteiger partial charge in [0.05, 0.1) is 0 Å². The molecule has 0 aliphatic rings. The van der Waals surface area contributed by atoms with Crippen LogP contribution < -0.4 is 5.32 Å². The van der Waals surface area contributed by atoms with Crippen LogP contribution in [-0.2, 0) is 6.54 Å². The van der Waals surface area contributed by atoms with Gasteiger partial charge in [-0.15, -0.1) is 0 Å². The molecule has 0 heterocycles. The Morgan fingerprint density at radius 3 is 2.12 bits per heavy atom. The minimum absolute atomic E-state index is 0.609. The molecule has 1 aromatic rings. The molecule has 0 aromatic heterocycles. The fourth-order valence-electron chi connectivity index (χ4n) is 1.37. The Morgan fingerprint density at radius 1 is 1.18 bits per heavy atom. The predicted molar refractivity (Wildman–Crippen MR) is 78.1 cm³/mol. The lowest BCUT2D eigenvalue weighted by Gasteiger charge is -2.09. The van der Waals surface area contributed by atoms with Gasteiger partial charge in [-0.3, -0.25) is 0 Å². The molecule has 1 heteroatoms. The molecule has 0 radical (unpaired) electrons. The molecule has 0 saturated carbocycles. The molecule has 1 N–H and O–H groups in total. The third-order valence-electron chi connectivity index (χ3n) is 2.62. The van der Waals surface area contributed by atoms with Crippen LogP contribution in [0.3, 0.4) is 0 Å². The molecule has 1 nitrogen and oxygen atoms in total. The summed E-state index contributed by atoms with van der Waals surface area (Å²) < 4.78 is 0. The maximum Gasteiger partial charge on any atom is 0.0397 e. The fourth-order valence-corrected chi connectivity index (χ4v) is 1.37. The second-order valence-electron chi connectivity index (χ2n) is 4.21. The average Bonchev–Trinajstić information content (AvgIpc) is 2.38. The first-order valence-electron chi connectivity index (χ1n) is 6.64. The summed E-state index contributed by atoms with van der Waals surface area (Å²) >= 11 is 0. The molecule has 0 spiro atoms. The molecule has 96 valence electrons. The maximum atomic E-state index is 3.92. The van der Waals surface area contributed by atoms with Crippen molar-refractivity contribution in [2.24, 2.45) is 0 Å². The molecule has 1 aromatic carbocycles. The Labute approximate surface area is 107 Å². The number of rotatable bonds is 5. The summed E-state index contributed by atoms with van der Waals surface area (Å²) in [5, 5.41) is 3.30. The summed E-state index contributed by atoms with van der Waals surface area (Å²) in [7, 11) is 0. The van der Waals surface area contributed by atoms with E-state index in [0.29, 0.717) is 5.92 Å². The topological polar surface area (TPSA) is 12.0 Å². The van der Waals surface area contributed by atoms with Crippen molar-refractivity contribution < 1.29 is 0 Å². The van der Waals surface area contributed by atoms with Crippen molar-refractivity contribution in [3.8, 4) is 0 Å². The van der Waals surface area contributed by atoms with Crippen molar-refractivity contribution in [3.63, 3.8) is 0 Å². The van der Waals surface area contributed by atoms with Crippen molar-refractivity contribution in [2.45, 2.75) is 53.5 Å². The number of nitrogens with one attached hydrogen (secondary N) is 1. The van der Waals surface area contributed by atoms with Gasteiger partial charge in [0.25, 0.3) is 0 Å². The fraction of sp³-hybridized carbons (Fsp3) is 0.500. The first-order valence-corrected chi connectivity index (χ1v) is 6.64. The third kappa shape index (κ3) is 6.15. The normalized spacial score (nSPS) is 9.53. The van der Waals surface area contributed by atoms with Crippen molar-refractivity contribution in [1.29, 1.82) is 0 Å². The van der Waals surface area contributed by atoms with Gasteiger partial charge in [0, 0.05) is 12.2 Å². The van der Waals surface area contributed by atoms with Gasteiger partial charge in [0.1, 0.15) is 0 Å². The SMILES string of the molecule is C=C(CC)NCc1ccc(C(C)C)cc1.CC. The highest BCUT2D eigenvalue weighted by Gasteiger charge is 1.98. The van der Waals surface area contributed by atoms with Gasteiger partial charge in [0.15, 0.2) is 0 Å². The van der Waals surface area contributed by atoms with E-state index >= 15 is 0 Å². The van der Waals surface area contributed by atoms with Crippen LogP contribution in [0.4, 0.5) is 0 Å². The van der Waals surface area contributed by atoms with Gasteiger partial charge < -0.3 is 5.32 Å². The quantitative estimate of drug-likeness (QED) is 0.766. The van der Waals surface area contributed by atoms with E-state index < -0.39 is 0 Å². The first kappa shape index (κ1) is 15.8. The van der Waals surface area contributed by atoms with Gasteiger partial charge in [-0.2, -0.15) is 0 Å². The zero-order valence-corrected chi connectivity index (χ0v) is 12.0. The van der Waals surface area contributed by atoms with E-state index in [1.54, 1.807) is 0 Å². The first-order chi connectivity index (χ1) is 8.13. The third-order valence-corrected chi connectivity index (χ3v) is 2.62. The van der Waals surface area contributed by atoms with Crippen LogP contribution in [0.15, 0.2) is 36.5 Å². The molecule has 0 fully saturated rings. The van der Waals surface area contributed by atoms with Gasteiger partial charge in [-0.05, 0) is 23.5 Å². The molecule has 0 aliphatic carbocycles. The number of allylic oxidation sites excluding steroid dienone is 1. The van der Waals surface area contributed by atoms with Crippen LogP contribution in [0, 0.1) is 0 Å². The summed E-state index contributed by atoms with van der Waals surface area (Å²) in [6, 6.07) is 8.78. The Balaban J connectivity index is 0.00000121. The summed E-state index contributed by atoms with van der Waals surface area (Å²) in [4.78, 5) is 0. The van der Waals surface area contributed by atoms with Gasteiger partial charge >= 0.3 is 0 Å². The minimum atomic E-state index is 0.609. The Bertz CT molecular complexity index is 309. The van der Waals surface area contributed by atoms with Crippen molar-refractivity contribution in [2.75, 3.05) is 0 Å². The van der Waals surface area contributed by atoms with E-state index in [1.165, 1.54) is 11.1 Å². The highest BCUT2D eigenvalue weighted by molar-refractivity contribution is 5.24. The van der Waals surface area contributed by atoms with Crippen LogP contribution in [0.25, 0.3) is 0 Å². The highest BCUT2D eigenvalue weighted by Crippen LogP contribution is 2.14. The number of hydrogen-bond acceptors (Lipinski definition) is 1. The lowest BCUT2D eigenvalue weighted by atomic mass is 10.0. The lowest BCUT2D eigenvalue weighted by Crippen LogP contribution is -2.10. The summed E-state index contributed by atoms with van der Waals surface area (Å²) in [6.07, 6.45) is 0.990. The maximum absolute atomic E-state index is 3.92.